The summed E-state index contributed by atoms with van der Waals surface area (Å²) in [5.74, 6) is 1.81. The number of benzene rings is 2. The predicted octanol–water partition coefficient (Wildman–Crippen LogP) is 3.68. The number of rotatable bonds is 8. The number of amides is 2. The Bertz CT molecular complexity index is 1140. The molecule has 0 bridgehead atoms. The molecule has 1 aliphatic heterocycles. The van der Waals surface area contributed by atoms with Crippen molar-refractivity contribution in [3.8, 4) is 5.75 Å². The van der Waals surface area contributed by atoms with Gasteiger partial charge in [-0.1, -0.05) is 0 Å². The number of nitrogens with zero attached hydrogens (tertiary/aromatic N) is 1. The average Bonchev–Trinajstić information content (AvgIpc) is 3.21. The highest BCUT2D eigenvalue weighted by Gasteiger charge is 2.31. The Morgan fingerprint density at radius 3 is 2.73 bits per heavy atom. The summed E-state index contributed by atoms with van der Waals surface area (Å²) >= 11 is 1.71. The van der Waals surface area contributed by atoms with Gasteiger partial charge in [0.05, 0.1) is 19.7 Å². The van der Waals surface area contributed by atoms with Crippen LogP contribution in [0.2, 0.25) is 0 Å². The Kier molecular flexibility index (Phi) is 7.22. The number of anilines is 1. The number of carbonyl (C=O) groups is 2. The maximum Gasteiger partial charge on any atom is 0.274 e. The molecule has 0 aliphatic carbocycles. The van der Waals surface area contributed by atoms with E-state index >= 15 is 0 Å². The van der Waals surface area contributed by atoms with Crippen molar-refractivity contribution in [1.82, 2.24) is 10.4 Å². The van der Waals surface area contributed by atoms with Crippen LogP contribution in [0.3, 0.4) is 0 Å². The van der Waals surface area contributed by atoms with Crippen molar-refractivity contribution in [2.75, 3.05) is 31.0 Å². The molecular weight excluding hydrogens is 442 g/mol. The lowest BCUT2D eigenvalue weighted by Gasteiger charge is -2.33. The molecule has 2 heterocycles. The number of hydroxylamine groups is 1. The smallest absolute Gasteiger partial charge is 0.274 e. The Morgan fingerprint density at radius 2 is 2.03 bits per heavy atom. The molecule has 0 unspecified atom stereocenters. The van der Waals surface area contributed by atoms with Gasteiger partial charge in [0, 0.05) is 34.8 Å². The largest absolute Gasteiger partial charge is 0.497 e. The molecule has 0 spiro atoms. The number of hydrogen-bond donors (Lipinski definition) is 3. The van der Waals surface area contributed by atoms with Crippen LogP contribution >= 0.6 is 11.8 Å². The first-order valence-electron chi connectivity index (χ1n) is 10.7. The fourth-order valence-electron chi connectivity index (χ4n) is 4.20. The molecule has 8 nitrogen and oxygen atoms in total. The average molecular weight is 470 g/mol. The fourth-order valence-corrected chi connectivity index (χ4v) is 4.66. The zero-order valence-corrected chi connectivity index (χ0v) is 19.4. The molecule has 2 aromatic carbocycles. The molecule has 4 rings (SSSR count). The van der Waals surface area contributed by atoms with E-state index in [0.29, 0.717) is 24.2 Å². The number of hydrogen-bond acceptors (Lipinski definition) is 7. The highest BCUT2D eigenvalue weighted by Crippen LogP contribution is 2.33. The lowest BCUT2D eigenvalue weighted by Crippen LogP contribution is -2.46. The van der Waals surface area contributed by atoms with Gasteiger partial charge < -0.3 is 14.5 Å². The van der Waals surface area contributed by atoms with E-state index < -0.39 is 5.91 Å². The first-order chi connectivity index (χ1) is 16.0. The standard InChI is InChI=1S/C24H27N3O5S/c1-31-17-7-8-18-19-9-11-27(14-22(19)32-21(18)13-17)20(10-12-33-2)24(29)25-16-5-3-15(4-6-16)23(28)26-30/h3-8,13,20,30H,9-12,14H2,1-2H3,(H,25,29)(H,26,28)/t20-/m0/s1. The normalized spacial score (nSPS) is 14.5. The summed E-state index contributed by atoms with van der Waals surface area (Å²) in [6.07, 6.45) is 3.55. The van der Waals surface area contributed by atoms with Crippen LogP contribution in [0.1, 0.15) is 28.1 Å². The second-order valence-corrected chi connectivity index (χ2v) is 8.88. The Labute approximate surface area is 196 Å². The Hall–Kier alpha value is -3.01. The maximum atomic E-state index is 13.2. The van der Waals surface area contributed by atoms with Gasteiger partial charge in [-0.25, -0.2) is 5.48 Å². The van der Waals surface area contributed by atoms with Gasteiger partial charge >= 0.3 is 0 Å². The summed E-state index contributed by atoms with van der Waals surface area (Å²) in [6, 6.07) is 12.0. The zero-order chi connectivity index (χ0) is 23.4. The lowest BCUT2D eigenvalue weighted by atomic mass is 10.0. The second kappa shape index (κ2) is 10.3. The first-order valence-corrected chi connectivity index (χ1v) is 12.1. The highest BCUT2D eigenvalue weighted by atomic mass is 32.2. The minimum atomic E-state index is -0.599. The minimum Gasteiger partial charge on any atom is -0.497 e. The summed E-state index contributed by atoms with van der Waals surface area (Å²) in [4.78, 5) is 26.9. The monoisotopic (exact) mass is 469 g/mol. The van der Waals surface area contributed by atoms with Gasteiger partial charge in [-0.05, 0) is 61.2 Å². The molecular formula is C24H27N3O5S. The molecule has 0 fully saturated rings. The summed E-state index contributed by atoms with van der Waals surface area (Å²) in [5, 5.41) is 12.8. The molecule has 0 saturated carbocycles. The van der Waals surface area contributed by atoms with Crippen LogP contribution in [0.5, 0.6) is 5.75 Å². The Morgan fingerprint density at radius 1 is 1.24 bits per heavy atom. The van der Waals surface area contributed by atoms with Crippen molar-refractivity contribution >= 4 is 40.2 Å². The number of furan rings is 1. The number of fused-ring (bicyclic) bond motifs is 3. The fraction of sp³-hybridized carbons (Fsp3) is 0.333. The van der Waals surface area contributed by atoms with Crippen molar-refractivity contribution in [2.24, 2.45) is 0 Å². The highest BCUT2D eigenvalue weighted by molar-refractivity contribution is 7.98. The third-order valence-corrected chi connectivity index (χ3v) is 6.58. The zero-order valence-electron chi connectivity index (χ0n) is 18.6. The van der Waals surface area contributed by atoms with Crippen LogP contribution in [0.15, 0.2) is 46.9 Å². The second-order valence-electron chi connectivity index (χ2n) is 7.89. The summed E-state index contributed by atoms with van der Waals surface area (Å²) < 4.78 is 11.5. The van der Waals surface area contributed by atoms with Crippen molar-refractivity contribution < 1.29 is 24.0 Å². The number of thioether (sulfide) groups is 1. The van der Waals surface area contributed by atoms with E-state index in [9.17, 15) is 9.59 Å². The topological polar surface area (TPSA) is 104 Å². The SMILES string of the molecule is COc1ccc2c3c(oc2c1)CN([C@@H](CCSC)C(=O)Nc1ccc(C(=O)NO)cc1)CC3. The molecule has 2 amide bonds. The van der Waals surface area contributed by atoms with Gasteiger partial charge in [0.1, 0.15) is 17.1 Å². The van der Waals surface area contributed by atoms with Gasteiger partial charge in [0.2, 0.25) is 5.91 Å². The molecule has 9 heteroatoms. The molecule has 1 aromatic heterocycles. The predicted molar refractivity (Wildman–Crippen MR) is 128 cm³/mol. The van der Waals surface area contributed by atoms with E-state index in [1.54, 1.807) is 48.6 Å². The lowest BCUT2D eigenvalue weighted by molar-refractivity contribution is -0.121. The molecule has 0 saturated heterocycles. The summed E-state index contributed by atoms with van der Waals surface area (Å²) in [7, 11) is 1.63. The number of nitrogens with one attached hydrogen (secondary N) is 2. The van der Waals surface area contributed by atoms with E-state index in [4.69, 9.17) is 14.4 Å². The van der Waals surface area contributed by atoms with Crippen molar-refractivity contribution in [3.05, 3.63) is 59.4 Å². The molecule has 1 aliphatic rings. The van der Waals surface area contributed by atoms with E-state index in [2.05, 4.69) is 10.2 Å². The molecule has 3 aromatic rings. The van der Waals surface area contributed by atoms with E-state index in [1.807, 2.05) is 24.5 Å². The van der Waals surface area contributed by atoms with Gasteiger partial charge in [-0.3, -0.25) is 19.7 Å². The van der Waals surface area contributed by atoms with Gasteiger partial charge in [-0.2, -0.15) is 11.8 Å². The molecule has 33 heavy (non-hydrogen) atoms. The van der Waals surface area contributed by atoms with Gasteiger partial charge in [0.25, 0.3) is 5.91 Å². The Balaban J connectivity index is 1.51. The van der Waals surface area contributed by atoms with E-state index in [-0.39, 0.29) is 11.9 Å². The van der Waals surface area contributed by atoms with Crippen LogP contribution in [0.4, 0.5) is 5.69 Å². The van der Waals surface area contributed by atoms with Crippen molar-refractivity contribution in [2.45, 2.75) is 25.4 Å². The minimum absolute atomic E-state index is 0.0929. The summed E-state index contributed by atoms with van der Waals surface area (Å²) in [5.41, 5.74) is 4.50. The van der Waals surface area contributed by atoms with E-state index in [0.717, 1.165) is 41.2 Å². The number of methoxy groups -OCH3 is 1. The number of ether oxygens (including phenoxy) is 1. The van der Waals surface area contributed by atoms with E-state index in [1.165, 1.54) is 5.56 Å². The summed E-state index contributed by atoms with van der Waals surface area (Å²) in [6.45, 7) is 1.32. The van der Waals surface area contributed by atoms with Gasteiger partial charge in [-0.15, -0.1) is 0 Å². The maximum absolute atomic E-state index is 13.2. The third kappa shape index (κ3) is 5.00. The number of carbonyl (C=O) groups excluding carboxylic acids is 2. The van der Waals surface area contributed by atoms with Crippen molar-refractivity contribution in [3.63, 3.8) is 0 Å². The quantitative estimate of drug-likeness (QED) is 0.341. The van der Waals surface area contributed by atoms with Crippen LogP contribution in [0, 0.1) is 0 Å². The van der Waals surface area contributed by atoms with Crippen LogP contribution in [-0.4, -0.2) is 53.6 Å². The molecule has 1 atom stereocenters. The molecule has 3 N–H and O–H groups in total. The molecule has 0 radical (unpaired) electrons. The molecule has 174 valence electrons. The van der Waals surface area contributed by atoms with Crippen LogP contribution < -0.4 is 15.5 Å². The van der Waals surface area contributed by atoms with Crippen molar-refractivity contribution in [1.29, 1.82) is 0 Å². The first kappa shape index (κ1) is 23.2. The van der Waals surface area contributed by atoms with Crippen LogP contribution in [0.25, 0.3) is 11.0 Å². The third-order valence-electron chi connectivity index (χ3n) is 5.93. The van der Waals surface area contributed by atoms with Crippen LogP contribution in [-0.2, 0) is 17.8 Å². The van der Waals surface area contributed by atoms with Gasteiger partial charge in [0.15, 0.2) is 0 Å².